The van der Waals surface area contributed by atoms with Crippen molar-refractivity contribution in [2.24, 2.45) is 5.73 Å². The first kappa shape index (κ1) is 25.5. The molecule has 4 N–H and O–H groups in total. The van der Waals surface area contributed by atoms with Crippen LogP contribution in [0.1, 0.15) is 45.7 Å². The first-order chi connectivity index (χ1) is 15.3. The van der Waals surface area contributed by atoms with Crippen LogP contribution < -0.4 is 11.1 Å². The summed E-state index contributed by atoms with van der Waals surface area (Å²) in [6.45, 7) is 3.55. The van der Waals surface area contributed by atoms with Gasteiger partial charge in [-0.2, -0.15) is 13.2 Å². The number of benzene rings is 2. The van der Waals surface area contributed by atoms with Gasteiger partial charge in [0.1, 0.15) is 6.61 Å². The summed E-state index contributed by atoms with van der Waals surface area (Å²) in [6, 6.07) is 11.9. The molecule has 0 amide bonds. The lowest BCUT2D eigenvalue weighted by Gasteiger charge is -2.29. The van der Waals surface area contributed by atoms with E-state index < -0.39 is 23.7 Å². The van der Waals surface area contributed by atoms with Gasteiger partial charge in [-0.15, -0.1) is 0 Å². The quantitative estimate of drug-likeness (QED) is 0.489. The van der Waals surface area contributed by atoms with E-state index in [-0.39, 0.29) is 24.7 Å². The van der Waals surface area contributed by atoms with Gasteiger partial charge in [-0.05, 0) is 19.9 Å². The average Bonchev–Trinajstić information content (AvgIpc) is 2.75. The fourth-order valence-electron chi connectivity index (χ4n) is 2.97. The van der Waals surface area contributed by atoms with Crippen molar-refractivity contribution in [3.05, 3.63) is 64.7 Å². The van der Waals surface area contributed by atoms with Crippen LogP contribution in [0.2, 0.25) is 0 Å². The number of ketones is 2. The Balaban J connectivity index is 0.000000479. The molecule has 0 aromatic heterocycles. The Hall–Kier alpha value is -3.73. The normalized spacial score (nSPS) is 12.7. The van der Waals surface area contributed by atoms with Gasteiger partial charge in [0.25, 0.3) is 0 Å². The van der Waals surface area contributed by atoms with Crippen LogP contribution in [0.15, 0.2) is 42.5 Å². The van der Waals surface area contributed by atoms with Crippen LogP contribution in [0.3, 0.4) is 0 Å². The number of hydrogen-bond donors (Lipinski definition) is 3. The Kier molecular flexibility index (Phi) is 7.60. The molecule has 0 aliphatic heterocycles. The summed E-state index contributed by atoms with van der Waals surface area (Å²) >= 11 is 0. The van der Waals surface area contributed by atoms with E-state index in [4.69, 9.17) is 20.4 Å². The van der Waals surface area contributed by atoms with Crippen LogP contribution in [0, 0.1) is 0 Å². The fourth-order valence-corrected chi connectivity index (χ4v) is 2.97. The van der Waals surface area contributed by atoms with E-state index in [1.54, 1.807) is 42.5 Å². The van der Waals surface area contributed by atoms with Gasteiger partial charge < -0.3 is 20.9 Å². The van der Waals surface area contributed by atoms with Gasteiger partial charge in [-0.1, -0.05) is 36.4 Å². The van der Waals surface area contributed by atoms with Crippen molar-refractivity contribution in [2.75, 3.05) is 18.5 Å². The van der Waals surface area contributed by atoms with Gasteiger partial charge in [0, 0.05) is 22.4 Å². The average molecular weight is 466 g/mol. The highest BCUT2D eigenvalue weighted by Gasteiger charge is 2.38. The highest BCUT2D eigenvalue weighted by atomic mass is 19.4. The maximum Gasteiger partial charge on any atom is 0.490 e. The Morgan fingerprint density at radius 1 is 0.970 bits per heavy atom. The molecule has 1 aliphatic carbocycles. The van der Waals surface area contributed by atoms with E-state index in [9.17, 15) is 27.6 Å². The van der Waals surface area contributed by atoms with Crippen LogP contribution in [-0.2, 0) is 14.3 Å². The molecule has 0 bridgehead atoms. The third-order valence-electron chi connectivity index (χ3n) is 4.43. The molecule has 0 saturated carbocycles. The van der Waals surface area contributed by atoms with Gasteiger partial charge in [0.15, 0.2) is 11.6 Å². The Morgan fingerprint density at radius 3 is 2.00 bits per heavy atom. The largest absolute Gasteiger partial charge is 0.490 e. The lowest BCUT2D eigenvalue weighted by molar-refractivity contribution is -0.192. The number of hydrogen-bond acceptors (Lipinski definition) is 7. The number of nitrogens with two attached hydrogens (primary N) is 1. The molecule has 0 spiro atoms. The zero-order chi connectivity index (χ0) is 25.0. The third kappa shape index (κ3) is 6.16. The Labute approximate surface area is 186 Å². The number of carbonyl (C=O) groups is 4. The van der Waals surface area contributed by atoms with Crippen LogP contribution in [0.4, 0.5) is 18.9 Å². The number of carboxylic acid groups (broad SMARTS) is 1. The number of carboxylic acids is 1. The minimum absolute atomic E-state index is 0.0748. The Bertz CT molecular complexity index is 1100. The minimum atomic E-state index is -5.08. The van der Waals surface area contributed by atoms with Crippen LogP contribution in [0.25, 0.3) is 0 Å². The topological polar surface area (TPSA) is 136 Å². The fraction of sp³-hybridized carbons (Fsp3) is 0.273. The number of ether oxygens (including phenoxy) is 1. The molecule has 0 unspecified atom stereocenters. The summed E-state index contributed by atoms with van der Waals surface area (Å²) in [6.07, 6.45) is -5.08. The van der Waals surface area contributed by atoms with Crippen molar-refractivity contribution in [1.29, 1.82) is 0 Å². The van der Waals surface area contributed by atoms with Gasteiger partial charge in [0.05, 0.1) is 17.6 Å². The molecule has 2 aromatic rings. The summed E-state index contributed by atoms with van der Waals surface area (Å²) < 4.78 is 36.8. The van der Waals surface area contributed by atoms with Crippen LogP contribution in [-0.4, -0.2) is 53.5 Å². The molecule has 0 fully saturated rings. The molecule has 11 heteroatoms. The van der Waals surface area contributed by atoms with Crippen molar-refractivity contribution >= 4 is 29.2 Å². The highest BCUT2D eigenvalue weighted by molar-refractivity contribution is 6.30. The SMILES string of the molecule is CC(C)(COC(=O)CN)Nc1cccc2c1C(=O)c1ccccc1C2=O.O=C(O)C(F)(F)F. The second-order valence-electron chi connectivity index (χ2n) is 7.61. The molecule has 176 valence electrons. The van der Waals surface area contributed by atoms with E-state index >= 15 is 0 Å². The minimum Gasteiger partial charge on any atom is -0.475 e. The molecule has 2 aromatic carbocycles. The predicted octanol–water partition coefficient (Wildman–Crippen LogP) is 2.79. The predicted molar refractivity (Wildman–Crippen MR) is 111 cm³/mol. The molecule has 0 atom stereocenters. The van der Waals surface area contributed by atoms with Crippen LogP contribution in [0.5, 0.6) is 0 Å². The van der Waals surface area contributed by atoms with Crippen LogP contribution >= 0.6 is 0 Å². The first-order valence-electron chi connectivity index (χ1n) is 9.54. The number of nitrogens with one attached hydrogen (secondary N) is 1. The number of halogens is 3. The molecule has 0 saturated heterocycles. The van der Waals surface area contributed by atoms with E-state index in [2.05, 4.69) is 5.32 Å². The van der Waals surface area contributed by atoms with Crippen molar-refractivity contribution in [3.8, 4) is 0 Å². The summed E-state index contributed by atoms with van der Waals surface area (Å²) in [7, 11) is 0. The second kappa shape index (κ2) is 9.82. The number of esters is 1. The molecule has 8 nitrogen and oxygen atoms in total. The van der Waals surface area contributed by atoms with Gasteiger partial charge in [0.2, 0.25) is 0 Å². The number of carbonyl (C=O) groups excluding carboxylic acids is 3. The molecule has 33 heavy (non-hydrogen) atoms. The molecule has 0 radical (unpaired) electrons. The monoisotopic (exact) mass is 466 g/mol. The number of aliphatic carboxylic acids is 1. The van der Waals surface area contributed by atoms with Crippen molar-refractivity contribution in [2.45, 2.75) is 25.6 Å². The molecular weight excluding hydrogens is 445 g/mol. The summed E-state index contributed by atoms with van der Waals surface area (Å²) in [5.74, 6) is -3.64. The standard InChI is InChI=1S/C20H20N2O4.C2HF3O2/c1-20(2,11-26-16(23)10-21)22-15-9-5-8-14-17(15)19(25)13-7-4-3-6-12(13)18(14)24;3-2(4,5)1(6)7/h3-9,22H,10-11,21H2,1-2H3;(H,6,7). The number of alkyl halides is 3. The summed E-state index contributed by atoms with van der Waals surface area (Å²) in [5.41, 5.74) is 6.65. The number of fused-ring (bicyclic) bond motifs is 2. The maximum atomic E-state index is 13.0. The highest BCUT2D eigenvalue weighted by Crippen LogP contribution is 2.33. The van der Waals surface area contributed by atoms with E-state index in [0.717, 1.165) is 0 Å². The molecular formula is C22H21F3N2O6. The smallest absolute Gasteiger partial charge is 0.475 e. The second-order valence-corrected chi connectivity index (χ2v) is 7.61. The molecule has 3 rings (SSSR count). The number of rotatable bonds is 5. The number of anilines is 1. The van der Waals surface area contributed by atoms with E-state index in [1.165, 1.54) is 0 Å². The van der Waals surface area contributed by atoms with Crippen molar-refractivity contribution in [1.82, 2.24) is 0 Å². The van der Waals surface area contributed by atoms with E-state index in [0.29, 0.717) is 27.9 Å². The third-order valence-corrected chi connectivity index (χ3v) is 4.43. The zero-order valence-electron chi connectivity index (χ0n) is 17.7. The maximum absolute atomic E-state index is 13.0. The zero-order valence-corrected chi connectivity index (χ0v) is 17.7. The molecule has 0 heterocycles. The summed E-state index contributed by atoms with van der Waals surface area (Å²) in [4.78, 5) is 45.9. The van der Waals surface area contributed by atoms with E-state index in [1.807, 2.05) is 13.8 Å². The first-order valence-corrected chi connectivity index (χ1v) is 9.54. The van der Waals surface area contributed by atoms with Gasteiger partial charge in [-0.25, -0.2) is 4.79 Å². The van der Waals surface area contributed by atoms with Crippen molar-refractivity contribution < 1.29 is 42.2 Å². The summed E-state index contributed by atoms with van der Waals surface area (Å²) in [5, 5.41) is 10.3. The van der Waals surface area contributed by atoms with Crippen molar-refractivity contribution in [3.63, 3.8) is 0 Å². The lowest BCUT2D eigenvalue weighted by Crippen LogP contribution is -2.39. The van der Waals surface area contributed by atoms with Gasteiger partial charge in [-0.3, -0.25) is 14.4 Å². The Morgan fingerprint density at radius 2 is 1.48 bits per heavy atom. The molecule has 1 aliphatic rings. The van der Waals surface area contributed by atoms with Gasteiger partial charge >= 0.3 is 18.1 Å². The lowest BCUT2D eigenvalue weighted by atomic mass is 9.83.